The second-order valence-electron chi connectivity index (χ2n) is 5.85. The SMILES string of the molecule is N#C[C@@H](c1ccccc1)N1CCN(Cc2cc(=O)c(O)co2)CC1. The molecule has 1 aromatic heterocycles. The Morgan fingerprint density at radius 1 is 1.21 bits per heavy atom. The van der Waals surface area contributed by atoms with Crippen LogP contribution in [-0.4, -0.2) is 41.1 Å². The number of rotatable bonds is 4. The summed E-state index contributed by atoms with van der Waals surface area (Å²) < 4.78 is 5.25. The molecular formula is C18H19N3O3. The summed E-state index contributed by atoms with van der Waals surface area (Å²) in [6.07, 6.45) is 1.08. The molecule has 1 aliphatic heterocycles. The number of nitrogens with zero attached hydrogens (tertiary/aromatic N) is 3. The third-order valence-corrected chi connectivity index (χ3v) is 4.26. The number of hydrogen-bond donors (Lipinski definition) is 1. The van der Waals surface area contributed by atoms with Gasteiger partial charge in [-0.1, -0.05) is 30.3 Å². The number of aromatic hydroxyl groups is 1. The van der Waals surface area contributed by atoms with Gasteiger partial charge in [-0.15, -0.1) is 0 Å². The van der Waals surface area contributed by atoms with Crippen LogP contribution in [0.3, 0.4) is 0 Å². The highest BCUT2D eigenvalue weighted by Gasteiger charge is 2.25. The molecule has 1 saturated heterocycles. The van der Waals surface area contributed by atoms with Gasteiger partial charge in [-0.2, -0.15) is 5.26 Å². The monoisotopic (exact) mass is 325 g/mol. The van der Waals surface area contributed by atoms with Crippen molar-refractivity contribution in [2.45, 2.75) is 12.6 Å². The van der Waals surface area contributed by atoms with Crippen LogP contribution in [0.25, 0.3) is 0 Å². The molecule has 3 rings (SSSR count). The van der Waals surface area contributed by atoms with Crippen molar-refractivity contribution in [2.75, 3.05) is 26.2 Å². The van der Waals surface area contributed by atoms with Gasteiger partial charge in [-0.25, -0.2) is 0 Å². The van der Waals surface area contributed by atoms with Gasteiger partial charge in [0.15, 0.2) is 5.75 Å². The molecule has 0 radical (unpaired) electrons. The maximum Gasteiger partial charge on any atom is 0.226 e. The van der Waals surface area contributed by atoms with E-state index < -0.39 is 5.43 Å². The molecule has 6 heteroatoms. The van der Waals surface area contributed by atoms with Crippen molar-refractivity contribution in [3.63, 3.8) is 0 Å². The number of piperazine rings is 1. The number of benzene rings is 1. The molecule has 1 aliphatic rings. The van der Waals surface area contributed by atoms with E-state index in [4.69, 9.17) is 4.42 Å². The fourth-order valence-corrected chi connectivity index (χ4v) is 2.93. The van der Waals surface area contributed by atoms with Gasteiger partial charge in [0.1, 0.15) is 18.1 Å². The van der Waals surface area contributed by atoms with Crippen molar-refractivity contribution in [3.05, 3.63) is 64.2 Å². The lowest BCUT2D eigenvalue weighted by Gasteiger charge is -2.36. The smallest absolute Gasteiger partial charge is 0.226 e. The summed E-state index contributed by atoms with van der Waals surface area (Å²) in [5.74, 6) is 0.162. The largest absolute Gasteiger partial charge is 0.502 e. The molecule has 1 aromatic carbocycles. The second kappa shape index (κ2) is 7.30. The first-order valence-electron chi connectivity index (χ1n) is 7.89. The molecule has 1 fully saturated rings. The molecule has 0 unspecified atom stereocenters. The van der Waals surface area contributed by atoms with Crippen LogP contribution in [0.2, 0.25) is 0 Å². The molecule has 2 heterocycles. The molecule has 0 spiro atoms. The van der Waals surface area contributed by atoms with Gasteiger partial charge in [0.2, 0.25) is 5.43 Å². The quantitative estimate of drug-likeness (QED) is 0.922. The Morgan fingerprint density at radius 3 is 2.54 bits per heavy atom. The highest BCUT2D eigenvalue weighted by Crippen LogP contribution is 2.21. The van der Waals surface area contributed by atoms with Gasteiger partial charge in [0.25, 0.3) is 0 Å². The minimum atomic E-state index is -0.427. The van der Waals surface area contributed by atoms with E-state index in [0.29, 0.717) is 12.3 Å². The van der Waals surface area contributed by atoms with Crippen LogP contribution >= 0.6 is 0 Å². The van der Waals surface area contributed by atoms with Crippen LogP contribution in [0.5, 0.6) is 5.75 Å². The molecule has 124 valence electrons. The summed E-state index contributed by atoms with van der Waals surface area (Å²) in [4.78, 5) is 15.8. The van der Waals surface area contributed by atoms with Crippen molar-refractivity contribution < 1.29 is 9.52 Å². The summed E-state index contributed by atoms with van der Waals surface area (Å²) in [7, 11) is 0. The number of hydrogen-bond acceptors (Lipinski definition) is 6. The minimum absolute atomic E-state index is 0.236. The van der Waals surface area contributed by atoms with Crippen LogP contribution < -0.4 is 5.43 Å². The lowest BCUT2D eigenvalue weighted by Crippen LogP contribution is -2.47. The predicted octanol–water partition coefficient (Wildman–Crippen LogP) is 1.73. The average Bonchev–Trinajstić information content (AvgIpc) is 2.61. The third kappa shape index (κ3) is 3.65. The van der Waals surface area contributed by atoms with Crippen molar-refractivity contribution in [3.8, 4) is 11.8 Å². The van der Waals surface area contributed by atoms with E-state index in [1.807, 2.05) is 30.3 Å². The van der Waals surface area contributed by atoms with Crippen molar-refractivity contribution in [2.24, 2.45) is 0 Å². The van der Waals surface area contributed by atoms with E-state index in [1.54, 1.807) is 0 Å². The van der Waals surface area contributed by atoms with Crippen molar-refractivity contribution in [1.82, 2.24) is 9.80 Å². The predicted molar refractivity (Wildman–Crippen MR) is 88.3 cm³/mol. The average molecular weight is 325 g/mol. The van der Waals surface area contributed by atoms with Crippen molar-refractivity contribution in [1.29, 1.82) is 5.26 Å². The van der Waals surface area contributed by atoms with Gasteiger partial charge < -0.3 is 9.52 Å². The highest BCUT2D eigenvalue weighted by atomic mass is 16.4. The Hall–Kier alpha value is -2.62. The zero-order valence-corrected chi connectivity index (χ0v) is 13.3. The van der Waals surface area contributed by atoms with E-state index in [9.17, 15) is 15.2 Å². The fourth-order valence-electron chi connectivity index (χ4n) is 2.93. The topological polar surface area (TPSA) is 80.7 Å². The molecule has 0 bridgehead atoms. The van der Waals surface area contributed by atoms with E-state index in [1.165, 1.54) is 6.07 Å². The maximum absolute atomic E-state index is 11.4. The molecular weight excluding hydrogens is 306 g/mol. The zero-order valence-electron chi connectivity index (χ0n) is 13.3. The summed E-state index contributed by atoms with van der Waals surface area (Å²) in [6.45, 7) is 3.64. The molecule has 6 nitrogen and oxygen atoms in total. The summed E-state index contributed by atoms with van der Waals surface area (Å²) in [5, 5.41) is 18.7. The van der Waals surface area contributed by atoms with Crippen LogP contribution in [0, 0.1) is 11.3 Å². The number of nitriles is 1. The third-order valence-electron chi connectivity index (χ3n) is 4.26. The minimum Gasteiger partial charge on any atom is -0.502 e. The Labute approximate surface area is 140 Å². The molecule has 1 atom stereocenters. The molecule has 0 aliphatic carbocycles. The van der Waals surface area contributed by atoms with Crippen molar-refractivity contribution >= 4 is 0 Å². The van der Waals surface area contributed by atoms with E-state index in [0.717, 1.165) is 38.0 Å². The van der Waals surface area contributed by atoms with Crippen LogP contribution in [0.1, 0.15) is 17.4 Å². The van der Waals surface area contributed by atoms with Gasteiger partial charge >= 0.3 is 0 Å². The lowest BCUT2D eigenvalue weighted by molar-refractivity contribution is 0.103. The first-order chi connectivity index (χ1) is 11.7. The fraction of sp³-hybridized carbons (Fsp3) is 0.333. The van der Waals surface area contributed by atoms with Gasteiger partial charge in [0, 0.05) is 32.2 Å². The standard InChI is InChI=1S/C18H19N3O3/c19-11-16(14-4-2-1-3-5-14)21-8-6-20(7-9-21)12-15-10-17(22)18(23)13-24-15/h1-5,10,13,16,23H,6-9,12H2/t16-/m0/s1. The van der Waals surface area contributed by atoms with E-state index in [-0.39, 0.29) is 11.8 Å². The first kappa shape index (κ1) is 16.2. The Morgan fingerprint density at radius 2 is 1.92 bits per heavy atom. The first-order valence-corrected chi connectivity index (χ1v) is 7.89. The Bertz CT molecular complexity index is 774. The van der Waals surface area contributed by atoms with Crippen LogP contribution in [0.15, 0.2) is 51.9 Å². The molecule has 1 N–H and O–H groups in total. The van der Waals surface area contributed by atoms with Gasteiger partial charge in [-0.05, 0) is 5.56 Å². The van der Waals surface area contributed by atoms with Crippen LogP contribution in [-0.2, 0) is 6.54 Å². The van der Waals surface area contributed by atoms with Crippen LogP contribution in [0.4, 0.5) is 0 Å². The van der Waals surface area contributed by atoms with Gasteiger partial charge in [-0.3, -0.25) is 14.6 Å². The molecule has 2 aromatic rings. The van der Waals surface area contributed by atoms with E-state index >= 15 is 0 Å². The lowest BCUT2D eigenvalue weighted by atomic mass is 10.1. The molecule has 24 heavy (non-hydrogen) atoms. The van der Waals surface area contributed by atoms with Gasteiger partial charge in [0.05, 0.1) is 12.6 Å². The highest BCUT2D eigenvalue weighted by molar-refractivity contribution is 5.24. The zero-order chi connectivity index (χ0) is 16.9. The molecule has 0 amide bonds. The Kier molecular flexibility index (Phi) is 4.94. The summed E-state index contributed by atoms with van der Waals surface area (Å²) >= 11 is 0. The Balaban J connectivity index is 1.60. The maximum atomic E-state index is 11.4. The summed E-state index contributed by atoms with van der Waals surface area (Å²) in [5.41, 5.74) is 0.585. The van der Waals surface area contributed by atoms with E-state index in [2.05, 4.69) is 15.9 Å². The second-order valence-corrected chi connectivity index (χ2v) is 5.85. The normalized spacial score (nSPS) is 17.3. The summed E-state index contributed by atoms with van der Waals surface area (Å²) in [6, 6.07) is 13.3. The molecule has 0 saturated carbocycles.